The smallest absolute Gasteiger partial charge is 0.252 e. The van der Waals surface area contributed by atoms with Crippen molar-refractivity contribution in [3.05, 3.63) is 77.6 Å². The van der Waals surface area contributed by atoms with Crippen molar-refractivity contribution in [1.82, 2.24) is 19.9 Å². The zero-order chi connectivity index (χ0) is 19.9. The van der Waals surface area contributed by atoms with Gasteiger partial charge in [-0.25, -0.2) is 4.98 Å². The van der Waals surface area contributed by atoms with Crippen molar-refractivity contribution in [3.8, 4) is 0 Å². The number of hydrogen-bond acceptors (Lipinski definition) is 4. The van der Waals surface area contributed by atoms with E-state index in [4.69, 9.17) is 0 Å². The van der Waals surface area contributed by atoms with Gasteiger partial charge in [0.1, 0.15) is 5.82 Å². The number of nitrogens with zero attached hydrogens (tertiary/aromatic N) is 3. The van der Waals surface area contributed by atoms with E-state index < -0.39 is 0 Å². The summed E-state index contributed by atoms with van der Waals surface area (Å²) in [5, 5.41) is 6.54. The molecule has 3 aromatic rings. The number of rotatable bonds is 8. The zero-order valence-corrected chi connectivity index (χ0v) is 16.6. The first-order chi connectivity index (χ1) is 13.6. The maximum Gasteiger partial charge on any atom is 0.252 e. The van der Waals surface area contributed by atoms with Gasteiger partial charge in [-0.3, -0.25) is 9.78 Å². The van der Waals surface area contributed by atoms with Crippen molar-refractivity contribution in [1.29, 1.82) is 0 Å². The zero-order valence-electron chi connectivity index (χ0n) is 16.6. The topological polar surface area (TPSA) is 71.8 Å². The average molecular weight is 377 g/mol. The van der Waals surface area contributed by atoms with Gasteiger partial charge in [-0.15, -0.1) is 0 Å². The van der Waals surface area contributed by atoms with Gasteiger partial charge in [0.05, 0.1) is 18.3 Å². The fourth-order valence-corrected chi connectivity index (χ4v) is 3.27. The molecule has 6 nitrogen and oxygen atoms in total. The van der Waals surface area contributed by atoms with Gasteiger partial charge in [-0.2, -0.15) is 0 Å². The van der Waals surface area contributed by atoms with Crippen LogP contribution in [0.25, 0.3) is 0 Å². The van der Waals surface area contributed by atoms with E-state index in [2.05, 4.69) is 27.5 Å². The van der Waals surface area contributed by atoms with Gasteiger partial charge in [0.25, 0.3) is 5.91 Å². The highest BCUT2D eigenvalue weighted by Crippen LogP contribution is 2.22. The summed E-state index contributed by atoms with van der Waals surface area (Å²) in [4.78, 5) is 21.7. The van der Waals surface area contributed by atoms with E-state index in [9.17, 15) is 4.79 Å². The van der Waals surface area contributed by atoms with Gasteiger partial charge >= 0.3 is 0 Å². The monoisotopic (exact) mass is 377 g/mol. The van der Waals surface area contributed by atoms with Gasteiger partial charge in [-0.05, 0) is 43.2 Å². The summed E-state index contributed by atoms with van der Waals surface area (Å²) >= 11 is 0. The standard InChI is InChI=1S/C22H27N5O/c1-4-8-20(21-24-13-14-27(21)3)26-22(28)18-10-7-11-19(16(18)2)25-15-17-9-5-6-12-23-17/h5-7,9-14,20,25H,4,8,15H2,1-3H3,(H,26,28). The minimum atomic E-state index is -0.109. The molecule has 0 aliphatic heterocycles. The van der Waals surface area contributed by atoms with Crippen LogP contribution in [0.4, 0.5) is 5.69 Å². The first kappa shape index (κ1) is 19.6. The third kappa shape index (κ3) is 4.57. The average Bonchev–Trinajstić information content (AvgIpc) is 3.13. The first-order valence-electron chi connectivity index (χ1n) is 9.61. The van der Waals surface area contributed by atoms with Crippen molar-refractivity contribution >= 4 is 11.6 Å². The summed E-state index contributed by atoms with van der Waals surface area (Å²) in [6, 6.07) is 11.5. The number of anilines is 1. The second kappa shape index (κ2) is 9.17. The van der Waals surface area contributed by atoms with Crippen LogP contribution in [0.5, 0.6) is 0 Å². The normalized spacial score (nSPS) is 11.8. The molecule has 0 fully saturated rings. The van der Waals surface area contributed by atoms with Crippen LogP contribution in [-0.2, 0) is 13.6 Å². The van der Waals surface area contributed by atoms with Crippen LogP contribution < -0.4 is 10.6 Å². The lowest BCUT2D eigenvalue weighted by Crippen LogP contribution is -2.30. The molecule has 0 bridgehead atoms. The Hall–Kier alpha value is -3.15. The maximum absolute atomic E-state index is 13.0. The molecule has 2 N–H and O–H groups in total. The molecule has 2 aromatic heterocycles. The Bertz CT molecular complexity index is 920. The highest BCUT2D eigenvalue weighted by Gasteiger charge is 2.20. The fraction of sp³-hybridized carbons (Fsp3) is 0.318. The molecule has 2 heterocycles. The molecule has 0 aliphatic carbocycles. The molecule has 1 aromatic carbocycles. The molecule has 0 radical (unpaired) electrons. The number of aromatic nitrogens is 3. The number of imidazole rings is 1. The number of aryl methyl sites for hydroxylation is 1. The number of nitrogens with one attached hydrogen (secondary N) is 2. The Kier molecular flexibility index (Phi) is 6.42. The summed E-state index contributed by atoms with van der Waals surface area (Å²) in [7, 11) is 1.95. The molecule has 1 amide bonds. The van der Waals surface area contributed by atoms with Crippen LogP contribution >= 0.6 is 0 Å². The summed E-state index contributed by atoms with van der Waals surface area (Å²) in [5.41, 5.74) is 3.48. The lowest BCUT2D eigenvalue weighted by Gasteiger charge is -2.19. The summed E-state index contributed by atoms with van der Waals surface area (Å²) in [5.74, 6) is 0.790. The number of pyridine rings is 1. The SMILES string of the molecule is CCCC(NC(=O)c1cccc(NCc2ccccn2)c1C)c1nccn1C. The quantitative estimate of drug-likeness (QED) is 0.622. The summed E-state index contributed by atoms with van der Waals surface area (Å²) < 4.78 is 1.96. The van der Waals surface area contributed by atoms with E-state index in [0.29, 0.717) is 12.1 Å². The summed E-state index contributed by atoms with van der Waals surface area (Å²) in [6.07, 6.45) is 7.24. The van der Waals surface area contributed by atoms with Crippen LogP contribution in [0.15, 0.2) is 55.0 Å². The number of carbonyl (C=O) groups is 1. The number of amides is 1. The van der Waals surface area contributed by atoms with Crippen LogP contribution in [0.1, 0.15) is 53.2 Å². The molecule has 6 heteroatoms. The van der Waals surface area contributed by atoms with Crippen LogP contribution in [0, 0.1) is 6.92 Å². The molecule has 3 rings (SSSR count). The summed E-state index contributed by atoms with van der Waals surface area (Å²) in [6.45, 7) is 4.68. The Morgan fingerprint density at radius 1 is 1.14 bits per heavy atom. The number of benzene rings is 1. The molecule has 0 aliphatic rings. The molecular weight excluding hydrogens is 350 g/mol. The fourth-order valence-electron chi connectivity index (χ4n) is 3.27. The lowest BCUT2D eigenvalue weighted by molar-refractivity contribution is 0.0931. The second-order valence-electron chi connectivity index (χ2n) is 6.86. The largest absolute Gasteiger partial charge is 0.379 e. The van der Waals surface area contributed by atoms with Crippen molar-refractivity contribution in [2.24, 2.45) is 7.05 Å². The Morgan fingerprint density at radius 3 is 2.68 bits per heavy atom. The van der Waals surface area contributed by atoms with Crippen molar-refractivity contribution in [2.45, 2.75) is 39.3 Å². The Morgan fingerprint density at radius 2 is 2.00 bits per heavy atom. The van der Waals surface area contributed by atoms with Crippen LogP contribution in [0.2, 0.25) is 0 Å². The molecule has 1 unspecified atom stereocenters. The van der Waals surface area contributed by atoms with E-state index in [1.54, 1.807) is 12.4 Å². The van der Waals surface area contributed by atoms with Gasteiger partial charge in [0.15, 0.2) is 0 Å². The minimum absolute atomic E-state index is 0.0829. The van der Waals surface area contributed by atoms with Gasteiger partial charge in [0.2, 0.25) is 0 Å². The van der Waals surface area contributed by atoms with Crippen LogP contribution in [0.3, 0.4) is 0 Å². The molecule has 146 valence electrons. The number of carbonyl (C=O) groups excluding carboxylic acids is 1. The molecule has 0 saturated carbocycles. The molecule has 28 heavy (non-hydrogen) atoms. The predicted octanol–water partition coefficient (Wildman–Crippen LogP) is 4.01. The van der Waals surface area contributed by atoms with E-state index >= 15 is 0 Å². The van der Waals surface area contributed by atoms with Gasteiger partial charge < -0.3 is 15.2 Å². The Balaban J connectivity index is 1.75. The van der Waals surface area contributed by atoms with Crippen molar-refractivity contribution in [3.63, 3.8) is 0 Å². The highest BCUT2D eigenvalue weighted by molar-refractivity contribution is 5.97. The third-order valence-corrected chi connectivity index (χ3v) is 4.82. The lowest BCUT2D eigenvalue weighted by atomic mass is 10.0. The third-order valence-electron chi connectivity index (χ3n) is 4.82. The van der Waals surface area contributed by atoms with E-state index in [1.807, 2.05) is 61.1 Å². The predicted molar refractivity (Wildman–Crippen MR) is 111 cm³/mol. The van der Waals surface area contributed by atoms with E-state index in [-0.39, 0.29) is 11.9 Å². The van der Waals surface area contributed by atoms with E-state index in [0.717, 1.165) is 35.6 Å². The van der Waals surface area contributed by atoms with Crippen LogP contribution in [-0.4, -0.2) is 20.4 Å². The maximum atomic E-state index is 13.0. The van der Waals surface area contributed by atoms with Gasteiger partial charge in [0, 0.05) is 36.9 Å². The van der Waals surface area contributed by atoms with Crippen molar-refractivity contribution < 1.29 is 4.79 Å². The molecule has 0 spiro atoms. The highest BCUT2D eigenvalue weighted by atomic mass is 16.1. The van der Waals surface area contributed by atoms with Crippen molar-refractivity contribution in [2.75, 3.05) is 5.32 Å². The second-order valence-corrected chi connectivity index (χ2v) is 6.86. The number of hydrogen-bond donors (Lipinski definition) is 2. The van der Waals surface area contributed by atoms with E-state index in [1.165, 1.54) is 0 Å². The molecule has 1 atom stereocenters. The minimum Gasteiger partial charge on any atom is -0.379 e. The molecular formula is C22H27N5O. The molecule has 0 saturated heterocycles. The van der Waals surface area contributed by atoms with Gasteiger partial charge in [-0.1, -0.05) is 25.5 Å². The first-order valence-corrected chi connectivity index (χ1v) is 9.61. The Labute approximate surface area is 166 Å².